The number of rotatable bonds is 7. The Hall–Kier alpha value is -2.01. The van der Waals surface area contributed by atoms with E-state index < -0.39 is 0 Å². The van der Waals surface area contributed by atoms with E-state index in [1.165, 1.54) is 0 Å². The van der Waals surface area contributed by atoms with E-state index >= 15 is 0 Å². The molecule has 0 saturated heterocycles. The van der Waals surface area contributed by atoms with Crippen molar-refractivity contribution in [1.29, 1.82) is 0 Å². The van der Waals surface area contributed by atoms with E-state index in [4.69, 9.17) is 14.2 Å². The van der Waals surface area contributed by atoms with Crippen LogP contribution in [0, 0.1) is 0 Å². The molecule has 0 aromatic heterocycles. The molecule has 0 saturated carbocycles. The summed E-state index contributed by atoms with van der Waals surface area (Å²) in [6, 6.07) is 11.5. The molecule has 4 nitrogen and oxygen atoms in total. The van der Waals surface area contributed by atoms with E-state index in [0.29, 0.717) is 24.7 Å². The van der Waals surface area contributed by atoms with E-state index in [9.17, 15) is 0 Å². The SMILES string of the molecule is CCOc1ccc(N=Cc2cc(Br)c(OC)c(OCC)c2)cc1. The molecule has 23 heavy (non-hydrogen) atoms. The summed E-state index contributed by atoms with van der Waals surface area (Å²) in [5.41, 5.74) is 1.79. The predicted octanol–water partition coefficient (Wildman–Crippen LogP) is 5.01. The van der Waals surface area contributed by atoms with Crippen molar-refractivity contribution in [3.8, 4) is 17.2 Å². The molecule has 0 aliphatic carbocycles. The standard InChI is InChI=1S/C18H20BrNO3/c1-4-22-15-8-6-14(7-9-15)20-12-13-10-16(19)18(21-3)17(11-13)23-5-2/h6-12H,4-5H2,1-3H3. The monoisotopic (exact) mass is 377 g/mol. The van der Waals surface area contributed by atoms with Crippen LogP contribution in [0.15, 0.2) is 45.9 Å². The fourth-order valence-electron chi connectivity index (χ4n) is 2.07. The molecule has 0 unspecified atom stereocenters. The molecule has 0 bridgehead atoms. The van der Waals surface area contributed by atoms with Gasteiger partial charge in [0.1, 0.15) is 5.75 Å². The first-order valence-electron chi connectivity index (χ1n) is 7.45. The normalized spacial score (nSPS) is 10.8. The van der Waals surface area contributed by atoms with E-state index in [2.05, 4.69) is 20.9 Å². The van der Waals surface area contributed by atoms with Gasteiger partial charge in [0.05, 0.1) is 30.5 Å². The summed E-state index contributed by atoms with van der Waals surface area (Å²) >= 11 is 3.50. The van der Waals surface area contributed by atoms with Crippen molar-refractivity contribution >= 4 is 27.8 Å². The molecule has 0 heterocycles. The molecular formula is C18H20BrNO3. The van der Waals surface area contributed by atoms with Crippen LogP contribution in [0.25, 0.3) is 0 Å². The predicted molar refractivity (Wildman–Crippen MR) is 96.7 cm³/mol. The zero-order valence-corrected chi connectivity index (χ0v) is 15.1. The maximum Gasteiger partial charge on any atom is 0.174 e. The number of benzene rings is 2. The second-order valence-electron chi connectivity index (χ2n) is 4.65. The number of hydrogen-bond acceptors (Lipinski definition) is 4. The number of nitrogens with zero attached hydrogens (tertiary/aromatic N) is 1. The average Bonchev–Trinajstić information content (AvgIpc) is 2.55. The molecule has 2 rings (SSSR count). The van der Waals surface area contributed by atoms with E-state index in [1.54, 1.807) is 13.3 Å². The van der Waals surface area contributed by atoms with Gasteiger partial charge in [-0.3, -0.25) is 4.99 Å². The van der Waals surface area contributed by atoms with Gasteiger partial charge in [0.25, 0.3) is 0 Å². The number of aliphatic imine (C=N–C) groups is 1. The summed E-state index contributed by atoms with van der Waals surface area (Å²) in [7, 11) is 1.62. The molecule has 0 atom stereocenters. The lowest BCUT2D eigenvalue weighted by Crippen LogP contribution is -1.97. The Morgan fingerprint density at radius 3 is 2.35 bits per heavy atom. The van der Waals surface area contributed by atoms with Gasteiger partial charge in [0, 0.05) is 6.21 Å². The minimum Gasteiger partial charge on any atom is -0.494 e. The Labute approximate surface area is 145 Å². The number of halogens is 1. The third-order valence-corrected chi connectivity index (χ3v) is 3.64. The van der Waals surface area contributed by atoms with E-state index in [0.717, 1.165) is 21.5 Å². The van der Waals surface area contributed by atoms with Crippen molar-refractivity contribution < 1.29 is 14.2 Å². The van der Waals surface area contributed by atoms with Gasteiger partial charge in [0.2, 0.25) is 0 Å². The van der Waals surface area contributed by atoms with Gasteiger partial charge in [-0.1, -0.05) is 0 Å². The van der Waals surface area contributed by atoms with Crippen molar-refractivity contribution in [3.05, 3.63) is 46.4 Å². The molecule has 5 heteroatoms. The fraction of sp³-hybridized carbons (Fsp3) is 0.278. The highest BCUT2D eigenvalue weighted by Gasteiger charge is 2.10. The zero-order chi connectivity index (χ0) is 16.7. The Morgan fingerprint density at radius 1 is 1.04 bits per heavy atom. The van der Waals surface area contributed by atoms with Crippen molar-refractivity contribution in [2.24, 2.45) is 4.99 Å². The lowest BCUT2D eigenvalue weighted by molar-refractivity contribution is 0.310. The molecule has 0 radical (unpaired) electrons. The average molecular weight is 378 g/mol. The first-order chi connectivity index (χ1) is 11.2. The maximum atomic E-state index is 5.61. The van der Waals surface area contributed by atoms with Crippen LogP contribution in [0.4, 0.5) is 5.69 Å². The third kappa shape index (κ3) is 4.73. The topological polar surface area (TPSA) is 40.0 Å². The summed E-state index contributed by atoms with van der Waals surface area (Å²) in [6.07, 6.45) is 1.79. The smallest absolute Gasteiger partial charge is 0.174 e. The van der Waals surface area contributed by atoms with Crippen LogP contribution in [-0.2, 0) is 0 Å². The van der Waals surface area contributed by atoms with Crippen molar-refractivity contribution in [1.82, 2.24) is 0 Å². The summed E-state index contributed by atoms with van der Waals surface area (Å²) < 4.78 is 17.2. The molecular weight excluding hydrogens is 358 g/mol. The molecule has 0 spiro atoms. The number of methoxy groups -OCH3 is 1. The van der Waals surface area contributed by atoms with Crippen LogP contribution >= 0.6 is 15.9 Å². The van der Waals surface area contributed by atoms with Crippen molar-refractivity contribution in [3.63, 3.8) is 0 Å². The van der Waals surface area contributed by atoms with Crippen LogP contribution in [0.1, 0.15) is 19.4 Å². The van der Waals surface area contributed by atoms with E-state index in [1.807, 2.05) is 50.2 Å². The Kier molecular flexibility index (Phi) is 6.47. The Balaban J connectivity index is 2.21. The van der Waals surface area contributed by atoms with Gasteiger partial charge in [-0.15, -0.1) is 0 Å². The molecule has 2 aromatic carbocycles. The molecule has 2 aromatic rings. The lowest BCUT2D eigenvalue weighted by Gasteiger charge is -2.11. The van der Waals surface area contributed by atoms with Crippen LogP contribution in [0.2, 0.25) is 0 Å². The van der Waals surface area contributed by atoms with E-state index in [-0.39, 0.29) is 0 Å². The highest BCUT2D eigenvalue weighted by molar-refractivity contribution is 9.10. The molecule has 0 amide bonds. The Morgan fingerprint density at radius 2 is 1.74 bits per heavy atom. The Bertz CT molecular complexity index is 669. The molecule has 0 N–H and O–H groups in total. The molecule has 0 aliphatic heterocycles. The summed E-state index contributed by atoms with van der Waals surface area (Å²) in [5.74, 6) is 2.22. The zero-order valence-electron chi connectivity index (χ0n) is 13.5. The lowest BCUT2D eigenvalue weighted by atomic mass is 10.2. The largest absolute Gasteiger partial charge is 0.494 e. The first kappa shape index (κ1) is 17.3. The highest BCUT2D eigenvalue weighted by atomic mass is 79.9. The maximum absolute atomic E-state index is 5.61. The summed E-state index contributed by atoms with van der Waals surface area (Å²) in [6.45, 7) is 5.13. The van der Waals surface area contributed by atoms with Gasteiger partial charge in [0.15, 0.2) is 11.5 Å². The minimum atomic E-state index is 0.572. The molecule has 0 fully saturated rings. The highest BCUT2D eigenvalue weighted by Crippen LogP contribution is 2.36. The van der Waals surface area contributed by atoms with Gasteiger partial charge >= 0.3 is 0 Å². The van der Waals surface area contributed by atoms with Gasteiger partial charge in [-0.05, 0) is 71.7 Å². The van der Waals surface area contributed by atoms with Crippen LogP contribution in [-0.4, -0.2) is 26.5 Å². The van der Waals surface area contributed by atoms with Gasteiger partial charge in [-0.25, -0.2) is 0 Å². The van der Waals surface area contributed by atoms with Crippen molar-refractivity contribution in [2.75, 3.05) is 20.3 Å². The molecule has 122 valence electrons. The number of hydrogen-bond donors (Lipinski definition) is 0. The molecule has 0 aliphatic rings. The van der Waals surface area contributed by atoms with Crippen LogP contribution < -0.4 is 14.2 Å². The number of ether oxygens (including phenoxy) is 3. The quantitative estimate of drug-likeness (QED) is 0.636. The first-order valence-corrected chi connectivity index (χ1v) is 8.24. The minimum absolute atomic E-state index is 0.572. The third-order valence-electron chi connectivity index (χ3n) is 3.05. The second kappa shape index (κ2) is 8.58. The van der Waals surface area contributed by atoms with Crippen molar-refractivity contribution in [2.45, 2.75) is 13.8 Å². The van der Waals surface area contributed by atoms with Crippen LogP contribution in [0.5, 0.6) is 17.2 Å². The van der Waals surface area contributed by atoms with Gasteiger partial charge in [-0.2, -0.15) is 0 Å². The fourth-order valence-corrected chi connectivity index (χ4v) is 2.69. The second-order valence-corrected chi connectivity index (χ2v) is 5.51. The summed E-state index contributed by atoms with van der Waals surface area (Å²) in [4.78, 5) is 4.48. The van der Waals surface area contributed by atoms with Crippen LogP contribution in [0.3, 0.4) is 0 Å². The summed E-state index contributed by atoms with van der Waals surface area (Å²) in [5, 5.41) is 0. The van der Waals surface area contributed by atoms with Gasteiger partial charge < -0.3 is 14.2 Å².